The predicted octanol–water partition coefficient (Wildman–Crippen LogP) is 3.58. The molecule has 4 nitrogen and oxygen atoms in total. The van der Waals surface area contributed by atoms with Crippen molar-refractivity contribution >= 4 is 23.5 Å². The van der Waals surface area contributed by atoms with Crippen LogP contribution in [0.5, 0.6) is 5.75 Å². The molecule has 1 aromatic carbocycles. The molecule has 0 saturated heterocycles. The number of rotatable bonds is 9. The zero-order valence-corrected chi connectivity index (χ0v) is 14.2. The molecule has 1 N–H and O–H groups in total. The first kappa shape index (κ1) is 17.0. The number of nitrogens with zero attached hydrogens (tertiary/aromatic N) is 1. The molecule has 0 spiro atoms. The average molecular weight is 336 g/mol. The lowest BCUT2D eigenvalue weighted by Crippen LogP contribution is -2.10. The van der Waals surface area contributed by atoms with Gasteiger partial charge in [-0.25, -0.2) is 4.98 Å². The summed E-state index contributed by atoms with van der Waals surface area (Å²) >= 11 is 3.33. The summed E-state index contributed by atoms with van der Waals surface area (Å²) in [5, 5.41) is 0.693. The molecule has 118 valence electrons. The van der Waals surface area contributed by atoms with Crippen LogP contribution in [0.25, 0.3) is 0 Å². The summed E-state index contributed by atoms with van der Waals surface area (Å²) in [5.41, 5.74) is 0.767. The third-order valence-electron chi connectivity index (χ3n) is 2.77. The summed E-state index contributed by atoms with van der Waals surface area (Å²) in [4.78, 5) is 18.9. The van der Waals surface area contributed by atoms with Crippen LogP contribution < -0.4 is 10.3 Å². The van der Waals surface area contributed by atoms with E-state index in [1.165, 1.54) is 0 Å². The largest absolute Gasteiger partial charge is 0.494 e. The van der Waals surface area contributed by atoms with E-state index >= 15 is 0 Å². The van der Waals surface area contributed by atoms with E-state index in [1.54, 1.807) is 29.6 Å². The Bertz CT molecular complexity index is 617. The van der Waals surface area contributed by atoms with Crippen LogP contribution in [-0.4, -0.2) is 28.1 Å². The van der Waals surface area contributed by atoms with E-state index in [-0.39, 0.29) is 5.56 Å². The van der Waals surface area contributed by atoms with Crippen molar-refractivity contribution in [2.24, 2.45) is 0 Å². The van der Waals surface area contributed by atoms with Crippen LogP contribution in [0.2, 0.25) is 0 Å². The second-order valence-electron chi connectivity index (χ2n) is 4.54. The number of benzene rings is 1. The lowest BCUT2D eigenvalue weighted by atomic mass is 10.3. The lowest BCUT2D eigenvalue weighted by molar-refractivity contribution is 0.318. The van der Waals surface area contributed by atoms with Crippen molar-refractivity contribution in [2.45, 2.75) is 24.3 Å². The molecule has 1 aromatic heterocycles. The molecule has 0 aliphatic carbocycles. The van der Waals surface area contributed by atoms with Gasteiger partial charge in [-0.1, -0.05) is 36.9 Å². The molecule has 0 aliphatic heterocycles. The standard InChI is InChI=1S/C16H20N2O2S2/c1-2-21-12-13-11-15(19)18-16(17-13)22-10-6-9-20-14-7-4-3-5-8-14/h3-5,7-8,11H,2,6,9-10,12H2,1H3,(H,17,18,19). The van der Waals surface area contributed by atoms with Gasteiger partial charge in [0.15, 0.2) is 5.16 Å². The molecule has 0 saturated carbocycles. The summed E-state index contributed by atoms with van der Waals surface area (Å²) in [6, 6.07) is 11.3. The van der Waals surface area contributed by atoms with Crippen LogP contribution in [0.4, 0.5) is 0 Å². The second-order valence-corrected chi connectivity index (χ2v) is 6.90. The number of hydrogen-bond donors (Lipinski definition) is 1. The topological polar surface area (TPSA) is 55.0 Å². The number of H-pyrrole nitrogens is 1. The van der Waals surface area contributed by atoms with Crippen LogP contribution in [0.3, 0.4) is 0 Å². The highest BCUT2D eigenvalue weighted by molar-refractivity contribution is 7.99. The van der Waals surface area contributed by atoms with Gasteiger partial charge in [0, 0.05) is 17.6 Å². The number of nitrogens with one attached hydrogen (secondary N) is 1. The number of aromatic nitrogens is 2. The summed E-state index contributed by atoms with van der Waals surface area (Å²) < 4.78 is 5.64. The number of para-hydroxylation sites is 1. The zero-order valence-electron chi connectivity index (χ0n) is 12.6. The Morgan fingerprint density at radius 3 is 2.86 bits per heavy atom. The quantitative estimate of drug-likeness (QED) is 0.431. The van der Waals surface area contributed by atoms with Crippen molar-refractivity contribution in [3.05, 3.63) is 52.4 Å². The van der Waals surface area contributed by atoms with E-state index in [9.17, 15) is 4.79 Å². The van der Waals surface area contributed by atoms with Gasteiger partial charge in [0.1, 0.15) is 5.75 Å². The molecule has 22 heavy (non-hydrogen) atoms. The van der Waals surface area contributed by atoms with Crippen LogP contribution >= 0.6 is 23.5 Å². The second kappa shape index (κ2) is 9.58. The van der Waals surface area contributed by atoms with Gasteiger partial charge in [0.2, 0.25) is 0 Å². The van der Waals surface area contributed by atoms with Crippen LogP contribution in [0.1, 0.15) is 19.0 Å². The zero-order chi connectivity index (χ0) is 15.6. The molecule has 2 aromatic rings. The van der Waals surface area contributed by atoms with Crippen molar-refractivity contribution in [1.82, 2.24) is 9.97 Å². The Kier molecular flexibility index (Phi) is 7.39. The van der Waals surface area contributed by atoms with Crippen LogP contribution in [0, 0.1) is 0 Å². The SMILES string of the molecule is CCSCc1cc(=O)[nH]c(SCCCOc2ccccc2)n1. The fourth-order valence-corrected chi connectivity index (χ4v) is 3.14. The maximum absolute atomic E-state index is 11.6. The first-order valence-corrected chi connectivity index (χ1v) is 9.40. The van der Waals surface area contributed by atoms with Gasteiger partial charge in [0.25, 0.3) is 5.56 Å². The minimum absolute atomic E-state index is 0.0789. The monoisotopic (exact) mass is 336 g/mol. The van der Waals surface area contributed by atoms with E-state index in [0.717, 1.165) is 35.1 Å². The molecule has 0 aliphatic rings. The van der Waals surface area contributed by atoms with E-state index in [1.807, 2.05) is 30.3 Å². The molecular weight excluding hydrogens is 316 g/mol. The summed E-state index contributed by atoms with van der Waals surface area (Å²) in [7, 11) is 0. The van der Waals surface area contributed by atoms with Crippen molar-refractivity contribution < 1.29 is 4.74 Å². The Hall–Kier alpha value is -1.40. The molecule has 0 bridgehead atoms. The van der Waals surface area contributed by atoms with E-state index in [0.29, 0.717) is 11.8 Å². The fourth-order valence-electron chi connectivity index (χ4n) is 1.77. The molecule has 0 fully saturated rings. The molecule has 0 unspecified atom stereocenters. The Balaban J connectivity index is 1.74. The molecule has 0 amide bonds. The van der Waals surface area contributed by atoms with Gasteiger partial charge >= 0.3 is 0 Å². The Morgan fingerprint density at radius 1 is 1.27 bits per heavy atom. The Morgan fingerprint density at radius 2 is 2.09 bits per heavy atom. The highest BCUT2D eigenvalue weighted by Crippen LogP contribution is 2.15. The van der Waals surface area contributed by atoms with Crippen molar-refractivity contribution in [2.75, 3.05) is 18.1 Å². The highest BCUT2D eigenvalue weighted by Gasteiger charge is 2.02. The van der Waals surface area contributed by atoms with Crippen LogP contribution in [0.15, 0.2) is 46.3 Å². The minimum Gasteiger partial charge on any atom is -0.494 e. The van der Waals surface area contributed by atoms with Crippen LogP contribution in [-0.2, 0) is 5.75 Å². The molecule has 6 heteroatoms. The number of hydrogen-bond acceptors (Lipinski definition) is 5. The first-order valence-electron chi connectivity index (χ1n) is 7.26. The smallest absolute Gasteiger partial charge is 0.251 e. The highest BCUT2D eigenvalue weighted by atomic mass is 32.2. The predicted molar refractivity (Wildman–Crippen MR) is 94.0 cm³/mol. The number of thioether (sulfide) groups is 2. The first-order chi connectivity index (χ1) is 10.8. The molecule has 0 atom stereocenters. The molecule has 2 rings (SSSR count). The third kappa shape index (κ3) is 6.15. The van der Waals surface area contributed by atoms with Gasteiger partial charge in [0.05, 0.1) is 12.3 Å². The normalized spacial score (nSPS) is 10.6. The third-order valence-corrected chi connectivity index (χ3v) is 4.63. The lowest BCUT2D eigenvalue weighted by Gasteiger charge is -2.06. The summed E-state index contributed by atoms with van der Waals surface area (Å²) in [5.74, 6) is 3.55. The van der Waals surface area contributed by atoms with E-state index in [2.05, 4.69) is 16.9 Å². The van der Waals surface area contributed by atoms with Gasteiger partial charge < -0.3 is 9.72 Å². The maximum atomic E-state index is 11.6. The van der Waals surface area contributed by atoms with Gasteiger partial charge in [-0.05, 0) is 24.3 Å². The number of ether oxygens (including phenoxy) is 1. The van der Waals surface area contributed by atoms with E-state index in [4.69, 9.17) is 4.74 Å². The minimum atomic E-state index is -0.0789. The molecule has 1 heterocycles. The fraction of sp³-hybridized carbons (Fsp3) is 0.375. The average Bonchev–Trinajstić information content (AvgIpc) is 2.53. The van der Waals surface area contributed by atoms with Gasteiger partial charge in [-0.3, -0.25) is 4.79 Å². The van der Waals surface area contributed by atoms with Crippen molar-refractivity contribution in [1.29, 1.82) is 0 Å². The number of aromatic amines is 1. The van der Waals surface area contributed by atoms with E-state index < -0.39 is 0 Å². The Labute approximate surface area is 139 Å². The van der Waals surface area contributed by atoms with Gasteiger partial charge in [-0.15, -0.1) is 0 Å². The summed E-state index contributed by atoms with van der Waals surface area (Å²) in [6.45, 7) is 2.76. The molecule has 0 radical (unpaired) electrons. The van der Waals surface area contributed by atoms with Crippen molar-refractivity contribution in [3.63, 3.8) is 0 Å². The molecular formula is C16H20N2O2S2. The van der Waals surface area contributed by atoms with Crippen molar-refractivity contribution in [3.8, 4) is 5.75 Å². The van der Waals surface area contributed by atoms with Gasteiger partial charge in [-0.2, -0.15) is 11.8 Å². The maximum Gasteiger partial charge on any atom is 0.251 e. The summed E-state index contributed by atoms with van der Waals surface area (Å²) in [6.07, 6.45) is 0.900.